The highest BCUT2D eigenvalue weighted by atomic mass is 35.5. The first-order chi connectivity index (χ1) is 8.14. The summed E-state index contributed by atoms with van der Waals surface area (Å²) in [6, 6.07) is 1.04. The van der Waals surface area contributed by atoms with Crippen LogP contribution in [0, 0.1) is 6.92 Å². The standard InChI is InChI=1S/C8H4ClF5N4/c1-3-15-4(9)2-5-16-17-6(18(3)5)7(10,11)8(12,13)14/h2H,1H3. The predicted molar refractivity (Wildman–Crippen MR) is 50.5 cm³/mol. The molecular formula is C8H4ClF5N4. The molecule has 0 fully saturated rings. The van der Waals surface area contributed by atoms with E-state index in [2.05, 4.69) is 15.2 Å². The minimum absolute atomic E-state index is 0.0747. The van der Waals surface area contributed by atoms with Crippen LogP contribution < -0.4 is 0 Å². The van der Waals surface area contributed by atoms with E-state index in [0.29, 0.717) is 4.40 Å². The predicted octanol–water partition coefficient (Wildman–Crippen LogP) is 2.74. The molecule has 0 aliphatic heterocycles. The number of hydrogen-bond acceptors (Lipinski definition) is 3. The normalized spacial score (nSPS) is 13.3. The molecule has 2 aromatic heterocycles. The average molecular weight is 287 g/mol. The Morgan fingerprint density at radius 2 is 1.78 bits per heavy atom. The maximum atomic E-state index is 13.2. The number of hydrogen-bond donors (Lipinski definition) is 0. The topological polar surface area (TPSA) is 43.1 Å². The van der Waals surface area contributed by atoms with Gasteiger partial charge in [0.2, 0.25) is 5.82 Å². The van der Waals surface area contributed by atoms with Gasteiger partial charge < -0.3 is 0 Å². The Labute approximate surface area is 101 Å². The second kappa shape index (κ2) is 3.74. The van der Waals surface area contributed by atoms with Crippen LogP contribution in [0.2, 0.25) is 5.15 Å². The van der Waals surface area contributed by atoms with Gasteiger partial charge >= 0.3 is 12.1 Å². The van der Waals surface area contributed by atoms with E-state index in [4.69, 9.17) is 11.6 Å². The number of halogens is 6. The highest BCUT2D eigenvalue weighted by Crippen LogP contribution is 2.43. The molecule has 98 valence electrons. The molecule has 0 bridgehead atoms. The number of aryl methyl sites for hydroxylation is 1. The molecule has 0 saturated carbocycles. The van der Waals surface area contributed by atoms with Crippen molar-refractivity contribution in [2.75, 3.05) is 0 Å². The molecule has 18 heavy (non-hydrogen) atoms. The summed E-state index contributed by atoms with van der Waals surface area (Å²) in [5.74, 6) is -6.82. The van der Waals surface area contributed by atoms with Crippen molar-refractivity contribution < 1.29 is 22.0 Å². The molecule has 0 N–H and O–H groups in total. The Morgan fingerprint density at radius 1 is 1.17 bits per heavy atom. The second-order valence-corrected chi connectivity index (χ2v) is 3.80. The highest BCUT2D eigenvalue weighted by Gasteiger charge is 2.62. The fourth-order valence-corrected chi connectivity index (χ4v) is 1.60. The lowest BCUT2D eigenvalue weighted by molar-refractivity contribution is -0.293. The Hall–Kier alpha value is -1.51. The second-order valence-electron chi connectivity index (χ2n) is 3.42. The number of rotatable bonds is 1. The van der Waals surface area contributed by atoms with E-state index in [0.717, 1.165) is 6.07 Å². The average Bonchev–Trinajstić information content (AvgIpc) is 2.59. The van der Waals surface area contributed by atoms with Crippen LogP contribution in [0.3, 0.4) is 0 Å². The van der Waals surface area contributed by atoms with Crippen molar-refractivity contribution in [2.45, 2.75) is 19.0 Å². The van der Waals surface area contributed by atoms with Gasteiger partial charge in [-0.3, -0.25) is 4.40 Å². The molecule has 2 aromatic rings. The summed E-state index contributed by atoms with van der Waals surface area (Å²) in [7, 11) is 0. The summed E-state index contributed by atoms with van der Waals surface area (Å²) < 4.78 is 63.7. The minimum atomic E-state index is -5.76. The van der Waals surface area contributed by atoms with Crippen molar-refractivity contribution in [1.29, 1.82) is 0 Å². The molecule has 2 rings (SSSR count). The van der Waals surface area contributed by atoms with Crippen LogP contribution in [0.25, 0.3) is 5.65 Å². The molecule has 0 aliphatic rings. The molecule has 0 aliphatic carbocycles. The van der Waals surface area contributed by atoms with Crippen LogP contribution in [-0.2, 0) is 5.92 Å². The Bertz CT molecular complexity index is 605. The van der Waals surface area contributed by atoms with Crippen LogP contribution in [-0.4, -0.2) is 25.8 Å². The van der Waals surface area contributed by atoms with E-state index >= 15 is 0 Å². The van der Waals surface area contributed by atoms with Crippen LogP contribution in [0.5, 0.6) is 0 Å². The van der Waals surface area contributed by atoms with Crippen molar-refractivity contribution in [3.05, 3.63) is 22.9 Å². The van der Waals surface area contributed by atoms with E-state index in [-0.39, 0.29) is 16.6 Å². The Balaban J connectivity index is 2.74. The first-order valence-electron chi connectivity index (χ1n) is 4.48. The molecule has 0 aromatic carbocycles. The van der Waals surface area contributed by atoms with Gasteiger partial charge in [0, 0.05) is 6.07 Å². The zero-order valence-corrected chi connectivity index (χ0v) is 9.39. The fraction of sp³-hybridized carbons (Fsp3) is 0.375. The largest absolute Gasteiger partial charge is 0.461 e. The lowest BCUT2D eigenvalue weighted by Gasteiger charge is -2.17. The van der Waals surface area contributed by atoms with Crippen LogP contribution >= 0.6 is 11.6 Å². The number of aromatic nitrogens is 4. The molecule has 0 saturated heterocycles. The quantitative estimate of drug-likeness (QED) is 0.598. The Morgan fingerprint density at radius 3 is 2.33 bits per heavy atom. The molecule has 0 atom stereocenters. The first-order valence-corrected chi connectivity index (χ1v) is 4.85. The molecule has 0 radical (unpaired) electrons. The van der Waals surface area contributed by atoms with Crippen molar-refractivity contribution in [2.24, 2.45) is 0 Å². The van der Waals surface area contributed by atoms with Gasteiger partial charge in [-0.2, -0.15) is 22.0 Å². The summed E-state index contributed by atoms with van der Waals surface area (Å²) >= 11 is 5.54. The van der Waals surface area contributed by atoms with E-state index < -0.39 is 17.9 Å². The van der Waals surface area contributed by atoms with Gasteiger partial charge in [0.05, 0.1) is 0 Å². The van der Waals surface area contributed by atoms with Gasteiger partial charge in [0.25, 0.3) is 0 Å². The highest BCUT2D eigenvalue weighted by molar-refractivity contribution is 6.29. The van der Waals surface area contributed by atoms with Gasteiger partial charge in [0.1, 0.15) is 11.0 Å². The van der Waals surface area contributed by atoms with Crippen LogP contribution in [0.15, 0.2) is 6.07 Å². The minimum Gasteiger partial charge on any atom is -0.261 e. The lowest BCUT2D eigenvalue weighted by atomic mass is 10.3. The Kier molecular flexibility index (Phi) is 2.69. The summed E-state index contributed by atoms with van der Waals surface area (Å²) in [5.41, 5.74) is -0.230. The maximum absolute atomic E-state index is 13.2. The zero-order valence-electron chi connectivity index (χ0n) is 8.63. The summed E-state index contributed by atoms with van der Waals surface area (Å²) in [5, 5.41) is 6.03. The monoisotopic (exact) mass is 286 g/mol. The molecule has 10 heteroatoms. The molecule has 0 spiro atoms. The van der Waals surface area contributed by atoms with Crippen molar-refractivity contribution in [3.8, 4) is 0 Å². The third-order valence-corrected chi connectivity index (χ3v) is 2.36. The van der Waals surface area contributed by atoms with E-state index in [1.54, 1.807) is 0 Å². The van der Waals surface area contributed by atoms with Gasteiger partial charge in [0.15, 0.2) is 5.65 Å². The SMILES string of the molecule is Cc1nc(Cl)cc2nnc(C(F)(F)C(F)(F)F)n12. The smallest absolute Gasteiger partial charge is 0.261 e. The van der Waals surface area contributed by atoms with Gasteiger partial charge in [-0.05, 0) is 6.92 Å². The number of nitrogens with zero attached hydrogens (tertiary/aromatic N) is 4. The fourth-order valence-electron chi connectivity index (χ4n) is 1.38. The zero-order chi connectivity index (χ0) is 13.7. The molecular weight excluding hydrogens is 283 g/mol. The maximum Gasteiger partial charge on any atom is 0.461 e. The molecule has 0 unspecified atom stereocenters. The van der Waals surface area contributed by atoms with E-state index in [1.807, 2.05) is 0 Å². The summed E-state index contributed by atoms with van der Waals surface area (Å²) in [6.45, 7) is 1.22. The van der Waals surface area contributed by atoms with Crippen molar-refractivity contribution >= 4 is 17.2 Å². The molecule has 2 heterocycles. The van der Waals surface area contributed by atoms with Crippen molar-refractivity contribution in [1.82, 2.24) is 19.6 Å². The lowest BCUT2D eigenvalue weighted by Crippen LogP contribution is -2.36. The van der Waals surface area contributed by atoms with Crippen LogP contribution in [0.4, 0.5) is 22.0 Å². The van der Waals surface area contributed by atoms with Crippen LogP contribution in [0.1, 0.15) is 11.6 Å². The van der Waals surface area contributed by atoms with E-state index in [9.17, 15) is 22.0 Å². The van der Waals surface area contributed by atoms with E-state index in [1.165, 1.54) is 6.92 Å². The van der Waals surface area contributed by atoms with Gasteiger partial charge in [-0.15, -0.1) is 10.2 Å². The number of alkyl halides is 5. The summed E-state index contributed by atoms with van der Waals surface area (Å²) in [4.78, 5) is 3.58. The van der Waals surface area contributed by atoms with Gasteiger partial charge in [-0.1, -0.05) is 11.6 Å². The van der Waals surface area contributed by atoms with Gasteiger partial charge in [-0.25, -0.2) is 4.98 Å². The molecule has 0 amide bonds. The molecule has 4 nitrogen and oxygen atoms in total. The third kappa shape index (κ3) is 1.78. The summed E-state index contributed by atoms with van der Waals surface area (Å²) in [6.07, 6.45) is -5.76. The van der Waals surface area contributed by atoms with Crippen molar-refractivity contribution in [3.63, 3.8) is 0 Å². The number of fused-ring (bicyclic) bond motifs is 1. The third-order valence-electron chi connectivity index (χ3n) is 2.17. The first kappa shape index (κ1) is 12.9.